The molecule has 0 aromatic heterocycles. The third kappa shape index (κ3) is 1.98. The van der Waals surface area contributed by atoms with Crippen LogP contribution in [-0.2, 0) is 9.53 Å². The first kappa shape index (κ1) is 16.2. The van der Waals surface area contributed by atoms with Gasteiger partial charge in [0.1, 0.15) is 5.41 Å². The van der Waals surface area contributed by atoms with Crippen LogP contribution in [0.15, 0.2) is 35.3 Å². The lowest BCUT2D eigenvalue weighted by atomic mass is 9.55. The van der Waals surface area contributed by atoms with Crippen LogP contribution < -0.4 is 0 Å². The van der Waals surface area contributed by atoms with E-state index < -0.39 is 5.41 Å². The van der Waals surface area contributed by atoms with Crippen LogP contribution in [0.5, 0.6) is 0 Å². The number of carbonyl (C=O) groups excluding carboxylic acids is 1. The van der Waals surface area contributed by atoms with E-state index in [1.165, 1.54) is 7.11 Å². The van der Waals surface area contributed by atoms with Gasteiger partial charge in [-0.1, -0.05) is 24.3 Å². The number of rotatable bonds is 3. The number of nitrogens with zero attached hydrogens (tertiary/aromatic N) is 2. The molecule has 4 unspecified atom stereocenters. The molecule has 6 rings (SSSR count). The van der Waals surface area contributed by atoms with Gasteiger partial charge in [-0.15, -0.1) is 0 Å². The first-order valence-electron chi connectivity index (χ1n) is 9.51. The van der Waals surface area contributed by atoms with E-state index in [4.69, 9.17) is 9.73 Å². The van der Waals surface area contributed by atoms with Crippen LogP contribution in [0.1, 0.15) is 24.8 Å². The predicted octanol–water partition coefficient (Wildman–Crippen LogP) is 2.42. The number of ether oxygens (including phenoxy) is 1. The van der Waals surface area contributed by atoms with Crippen molar-refractivity contribution in [3.63, 3.8) is 0 Å². The van der Waals surface area contributed by atoms with Crippen LogP contribution in [0.2, 0.25) is 0 Å². The molecular formula is C21H24N2O3. The molecule has 0 amide bonds. The van der Waals surface area contributed by atoms with E-state index in [2.05, 4.69) is 17.0 Å². The second kappa shape index (κ2) is 5.76. The fourth-order valence-corrected chi connectivity index (χ4v) is 6.02. The highest BCUT2D eigenvalue weighted by atomic mass is 16.5. The fraction of sp³-hybridized carbons (Fsp3) is 0.524. The van der Waals surface area contributed by atoms with E-state index in [9.17, 15) is 9.90 Å². The van der Waals surface area contributed by atoms with Gasteiger partial charge in [0.05, 0.1) is 18.5 Å². The number of aliphatic hydroxyl groups excluding tert-OH is 1. The molecule has 1 aliphatic carbocycles. The zero-order valence-corrected chi connectivity index (χ0v) is 15.0. The third-order valence-electron chi connectivity index (χ3n) is 6.77. The van der Waals surface area contributed by atoms with Crippen LogP contribution in [0.3, 0.4) is 0 Å². The molecule has 136 valence electrons. The molecule has 1 saturated carbocycles. The maximum Gasteiger partial charge on any atom is 0.319 e. The summed E-state index contributed by atoms with van der Waals surface area (Å²) in [6, 6.07) is 8.19. The van der Waals surface area contributed by atoms with Gasteiger partial charge < -0.3 is 9.84 Å². The summed E-state index contributed by atoms with van der Waals surface area (Å²) in [4.78, 5) is 20.7. The Balaban J connectivity index is 1.72. The molecule has 5 heteroatoms. The number of hydrogen-bond acceptors (Lipinski definition) is 5. The molecule has 5 aliphatic rings. The maximum atomic E-state index is 13.3. The number of piperidine rings is 2. The van der Waals surface area contributed by atoms with Crippen molar-refractivity contribution in [2.24, 2.45) is 22.2 Å². The van der Waals surface area contributed by atoms with Crippen LogP contribution in [-0.4, -0.2) is 54.5 Å². The summed E-state index contributed by atoms with van der Waals surface area (Å²) < 4.78 is 5.37. The normalized spacial score (nSPS) is 36.5. The predicted molar refractivity (Wildman–Crippen MR) is 99.2 cm³/mol. The molecule has 5 nitrogen and oxygen atoms in total. The molecule has 0 radical (unpaired) electrons. The molecule has 4 bridgehead atoms. The Morgan fingerprint density at radius 2 is 2.27 bits per heavy atom. The van der Waals surface area contributed by atoms with Crippen molar-refractivity contribution in [2.75, 3.05) is 26.8 Å². The molecule has 1 N–H and O–H groups in total. The Bertz CT molecular complexity index is 830. The summed E-state index contributed by atoms with van der Waals surface area (Å²) in [5.41, 5.74) is 3.34. The number of para-hydroxylation sites is 1. The second-order valence-corrected chi connectivity index (χ2v) is 8.04. The zero-order valence-electron chi connectivity index (χ0n) is 15.0. The summed E-state index contributed by atoms with van der Waals surface area (Å²) in [6.07, 6.45) is 4.85. The molecule has 0 spiro atoms. The Morgan fingerprint density at radius 1 is 1.42 bits per heavy atom. The van der Waals surface area contributed by atoms with Gasteiger partial charge in [0.2, 0.25) is 0 Å². The van der Waals surface area contributed by atoms with Gasteiger partial charge in [-0.05, 0) is 37.2 Å². The number of fused-ring (bicyclic) bond motifs is 4. The summed E-state index contributed by atoms with van der Waals surface area (Å²) >= 11 is 0. The first-order valence-corrected chi connectivity index (χ1v) is 9.51. The van der Waals surface area contributed by atoms with E-state index in [1.807, 2.05) is 18.2 Å². The number of esters is 1. The molecule has 2 saturated heterocycles. The third-order valence-corrected chi connectivity index (χ3v) is 6.77. The topological polar surface area (TPSA) is 62.1 Å². The number of methoxy groups -OCH3 is 1. The van der Waals surface area contributed by atoms with E-state index in [0.29, 0.717) is 11.8 Å². The van der Waals surface area contributed by atoms with Crippen molar-refractivity contribution < 1.29 is 14.6 Å². The minimum absolute atomic E-state index is 0.0499. The number of aliphatic imine (C=N–C) groups is 1. The maximum absolute atomic E-state index is 13.3. The van der Waals surface area contributed by atoms with Crippen molar-refractivity contribution in [3.8, 4) is 0 Å². The monoisotopic (exact) mass is 352 g/mol. The van der Waals surface area contributed by atoms with Gasteiger partial charge in [-0.2, -0.15) is 0 Å². The van der Waals surface area contributed by atoms with Gasteiger partial charge in [0, 0.05) is 36.9 Å². The van der Waals surface area contributed by atoms with Crippen molar-refractivity contribution in [1.82, 2.24) is 4.90 Å². The fourth-order valence-electron chi connectivity index (χ4n) is 6.02. The lowest BCUT2D eigenvalue weighted by molar-refractivity contribution is -0.164. The minimum atomic E-state index is -0.725. The number of benzene rings is 1. The summed E-state index contributed by atoms with van der Waals surface area (Å²) in [5, 5.41) is 9.61. The average Bonchev–Trinajstić information content (AvgIpc) is 3.00. The zero-order chi connectivity index (χ0) is 17.9. The van der Waals surface area contributed by atoms with Gasteiger partial charge in [-0.25, -0.2) is 0 Å². The van der Waals surface area contributed by atoms with Crippen molar-refractivity contribution in [3.05, 3.63) is 35.9 Å². The Hall–Kier alpha value is -1.98. The van der Waals surface area contributed by atoms with E-state index >= 15 is 0 Å². The lowest BCUT2D eigenvalue weighted by Gasteiger charge is -2.58. The van der Waals surface area contributed by atoms with Gasteiger partial charge in [0.15, 0.2) is 0 Å². The quantitative estimate of drug-likeness (QED) is 0.849. The molecule has 1 aromatic carbocycles. The van der Waals surface area contributed by atoms with E-state index in [0.717, 1.165) is 54.9 Å². The molecule has 4 heterocycles. The van der Waals surface area contributed by atoms with Gasteiger partial charge in [-0.3, -0.25) is 14.7 Å². The van der Waals surface area contributed by atoms with Crippen LogP contribution >= 0.6 is 0 Å². The highest BCUT2D eigenvalue weighted by Gasteiger charge is 2.64. The molecular weight excluding hydrogens is 328 g/mol. The van der Waals surface area contributed by atoms with Gasteiger partial charge in [0.25, 0.3) is 0 Å². The van der Waals surface area contributed by atoms with Crippen LogP contribution in [0.25, 0.3) is 5.57 Å². The Labute approximate surface area is 153 Å². The molecule has 3 fully saturated rings. The number of allylic oxidation sites excluding steroid dienone is 1. The van der Waals surface area contributed by atoms with Crippen LogP contribution in [0.4, 0.5) is 5.69 Å². The van der Waals surface area contributed by atoms with E-state index in [1.54, 1.807) is 0 Å². The summed E-state index contributed by atoms with van der Waals surface area (Å²) in [7, 11) is 1.49. The van der Waals surface area contributed by atoms with Gasteiger partial charge >= 0.3 is 5.97 Å². The number of aliphatic hydroxyl groups is 1. The highest BCUT2D eigenvalue weighted by Crippen LogP contribution is 2.57. The van der Waals surface area contributed by atoms with Crippen LogP contribution in [0, 0.1) is 17.3 Å². The Morgan fingerprint density at radius 3 is 3.08 bits per heavy atom. The number of carbonyl (C=O) groups is 1. The number of hydrogen-bond donors (Lipinski definition) is 1. The SMILES string of the molecule is COC(=O)[C@]12CC3CC(CCO)C1N(CC=C1C2=Nc2ccccc21)C3. The highest BCUT2D eigenvalue weighted by molar-refractivity contribution is 6.36. The van der Waals surface area contributed by atoms with Crippen molar-refractivity contribution in [1.29, 1.82) is 0 Å². The Kier molecular flexibility index (Phi) is 3.59. The first-order chi connectivity index (χ1) is 12.7. The lowest BCUT2D eigenvalue weighted by Crippen LogP contribution is -2.67. The smallest absolute Gasteiger partial charge is 0.319 e. The standard InChI is InChI=1S/C21H24N2O3/c1-26-20(25)21-11-13-10-14(7-9-24)19(21)23(12-13)8-6-16-15-4-2-3-5-17(15)22-18(16)21/h2-6,13-14,19,24H,7-12H2,1H3/t13?,14?,19?,21-/m0/s1. The molecule has 4 aliphatic heterocycles. The molecule has 5 atom stereocenters. The average molecular weight is 352 g/mol. The van der Waals surface area contributed by atoms with E-state index in [-0.39, 0.29) is 18.6 Å². The largest absolute Gasteiger partial charge is 0.468 e. The molecule has 26 heavy (non-hydrogen) atoms. The van der Waals surface area contributed by atoms with Crippen molar-refractivity contribution >= 4 is 22.9 Å². The summed E-state index contributed by atoms with van der Waals surface area (Å²) in [5.74, 6) is 0.569. The summed E-state index contributed by atoms with van der Waals surface area (Å²) in [6.45, 7) is 2.00. The second-order valence-electron chi connectivity index (χ2n) is 8.04. The van der Waals surface area contributed by atoms with Crippen molar-refractivity contribution in [2.45, 2.75) is 25.3 Å². The molecule has 1 aromatic rings. The minimum Gasteiger partial charge on any atom is -0.468 e.